The van der Waals surface area contributed by atoms with Crippen molar-refractivity contribution in [2.75, 3.05) is 37.7 Å². The lowest BCUT2D eigenvalue weighted by Gasteiger charge is -2.44. The molecule has 0 bridgehead atoms. The van der Waals surface area contributed by atoms with Crippen molar-refractivity contribution in [3.63, 3.8) is 0 Å². The van der Waals surface area contributed by atoms with Gasteiger partial charge in [0.2, 0.25) is 0 Å². The lowest BCUT2D eigenvalue weighted by molar-refractivity contribution is 0.0526. The van der Waals surface area contributed by atoms with Gasteiger partial charge in [-0.05, 0) is 68.7 Å². The zero-order valence-corrected chi connectivity index (χ0v) is 18.2. The van der Waals surface area contributed by atoms with Crippen molar-refractivity contribution in [1.29, 1.82) is 0 Å². The van der Waals surface area contributed by atoms with Crippen LogP contribution in [-0.2, 0) is 4.74 Å². The van der Waals surface area contributed by atoms with E-state index in [1.165, 1.54) is 76.6 Å². The number of hydrogen-bond donors (Lipinski definition) is 0. The van der Waals surface area contributed by atoms with E-state index >= 15 is 0 Å². The monoisotopic (exact) mass is 398 g/mol. The summed E-state index contributed by atoms with van der Waals surface area (Å²) in [5.41, 5.74) is 1.86. The standard InChI is InChI=1S/C25H38N2O2/c1-2-29-25(28)22-10-14-24(15-11-22)27-18-16-26(17-19-27)23-12-8-21(9-13-23)20-6-4-3-5-7-20/h10-11,14-15,20-21,23H,2-9,12-13,16-19H2,1H3/t21-,23+. The number of rotatable bonds is 5. The molecule has 0 unspecified atom stereocenters. The number of anilines is 1. The number of esters is 1. The molecule has 0 N–H and O–H groups in total. The summed E-state index contributed by atoms with van der Waals surface area (Å²) in [6.45, 7) is 6.76. The Morgan fingerprint density at radius 3 is 2.10 bits per heavy atom. The van der Waals surface area contributed by atoms with Crippen molar-refractivity contribution < 1.29 is 9.53 Å². The van der Waals surface area contributed by atoms with Crippen LogP contribution >= 0.6 is 0 Å². The number of carbonyl (C=O) groups excluding carboxylic acids is 1. The number of hydrogen-bond acceptors (Lipinski definition) is 4. The molecule has 160 valence electrons. The Hall–Kier alpha value is -1.55. The van der Waals surface area contributed by atoms with E-state index in [0.717, 1.165) is 31.0 Å². The molecule has 2 aliphatic carbocycles. The van der Waals surface area contributed by atoms with Crippen LogP contribution in [0.25, 0.3) is 0 Å². The highest BCUT2D eigenvalue weighted by Crippen LogP contribution is 2.39. The third kappa shape index (κ3) is 5.14. The molecule has 4 heteroatoms. The Kier molecular flexibility index (Phi) is 7.12. The van der Waals surface area contributed by atoms with E-state index in [1.54, 1.807) is 0 Å². The second-order valence-electron chi connectivity index (χ2n) is 9.26. The molecule has 0 radical (unpaired) electrons. The van der Waals surface area contributed by atoms with Crippen molar-refractivity contribution >= 4 is 11.7 Å². The van der Waals surface area contributed by atoms with Crippen LogP contribution in [0.1, 0.15) is 75.1 Å². The van der Waals surface area contributed by atoms with Crippen molar-refractivity contribution in [2.24, 2.45) is 11.8 Å². The first-order valence-corrected chi connectivity index (χ1v) is 12.0. The van der Waals surface area contributed by atoms with Crippen LogP contribution in [0.15, 0.2) is 24.3 Å². The summed E-state index contributed by atoms with van der Waals surface area (Å²) in [5, 5.41) is 0. The highest BCUT2D eigenvalue weighted by molar-refractivity contribution is 5.89. The summed E-state index contributed by atoms with van der Waals surface area (Å²) in [6, 6.07) is 8.73. The first-order valence-electron chi connectivity index (χ1n) is 12.0. The summed E-state index contributed by atoms with van der Waals surface area (Å²) in [7, 11) is 0. The molecule has 0 atom stereocenters. The first-order chi connectivity index (χ1) is 14.2. The summed E-state index contributed by atoms with van der Waals surface area (Å²) < 4.78 is 5.08. The summed E-state index contributed by atoms with van der Waals surface area (Å²) in [4.78, 5) is 17.0. The Labute approximate surface area is 176 Å². The molecule has 0 spiro atoms. The fraction of sp³-hybridized carbons (Fsp3) is 0.720. The second-order valence-corrected chi connectivity index (χ2v) is 9.26. The molecule has 4 rings (SSSR count). The molecular weight excluding hydrogens is 360 g/mol. The van der Waals surface area contributed by atoms with E-state index in [1.807, 2.05) is 19.1 Å². The molecule has 0 amide bonds. The van der Waals surface area contributed by atoms with Gasteiger partial charge in [-0.25, -0.2) is 4.79 Å². The van der Waals surface area contributed by atoms with E-state index in [4.69, 9.17) is 4.74 Å². The first kappa shape index (κ1) is 20.7. The Bertz CT molecular complexity index is 637. The Morgan fingerprint density at radius 1 is 0.862 bits per heavy atom. The quantitative estimate of drug-likeness (QED) is 0.644. The van der Waals surface area contributed by atoms with E-state index in [2.05, 4.69) is 21.9 Å². The number of piperazine rings is 1. The molecule has 1 aromatic carbocycles. The highest BCUT2D eigenvalue weighted by Gasteiger charge is 2.32. The normalized spacial score (nSPS) is 27.0. The third-order valence-electron chi connectivity index (χ3n) is 7.63. The minimum atomic E-state index is -0.229. The van der Waals surface area contributed by atoms with E-state index in [-0.39, 0.29) is 5.97 Å². The fourth-order valence-electron chi connectivity index (χ4n) is 5.91. The van der Waals surface area contributed by atoms with Crippen LogP contribution < -0.4 is 4.90 Å². The Morgan fingerprint density at radius 2 is 1.48 bits per heavy atom. The van der Waals surface area contributed by atoms with Crippen molar-refractivity contribution in [1.82, 2.24) is 4.90 Å². The van der Waals surface area contributed by atoms with Gasteiger partial charge >= 0.3 is 5.97 Å². The SMILES string of the molecule is CCOC(=O)c1ccc(N2CCN([C@H]3CC[C@@H](C4CCCCC4)CC3)CC2)cc1. The molecule has 1 saturated heterocycles. The lowest BCUT2D eigenvalue weighted by Crippen LogP contribution is -2.51. The number of benzene rings is 1. The molecule has 4 nitrogen and oxygen atoms in total. The zero-order valence-electron chi connectivity index (χ0n) is 18.2. The predicted octanol–water partition coefficient (Wildman–Crippen LogP) is 5.12. The molecule has 2 saturated carbocycles. The van der Waals surface area contributed by atoms with Gasteiger partial charge in [-0.2, -0.15) is 0 Å². The number of ether oxygens (including phenoxy) is 1. The van der Waals surface area contributed by atoms with Crippen molar-refractivity contribution in [2.45, 2.75) is 70.8 Å². The van der Waals surface area contributed by atoms with E-state index in [0.29, 0.717) is 12.2 Å². The van der Waals surface area contributed by atoms with Gasteiger partial charge in [0.15, 0.2) is 0 Å². The predicted molar refractivity (Wildman–Crippen MR) is 119 cm³/mol. The topological polar surface area (TPSA) is 32.8 Å². The van der Waals surface area contributed by atoms with Gasteiger partial charge in [0, 0.05) is 37.9 Å². The van der Waals surface area contributed by atoms with E-state index in [9.17, 15) is 4.79 Å². The van der Waals surface area contributed by atoms with Crippen LogP contribution in [0.5, 0.6) is 0 Å². The third-order valence-corrected chi connectivity index (χ3v) is 7.63. The second kappa shape index (κ2) is 9.97. The van der Waals surface area contributed by atoms with Crippen molar-refractivity contribution in [3.05, 3.63) is 29.8 Å². The number of carbonyl (C=O) groups is 1. The lowest BCUT2D eigenvalue weighted by atomic mass is 9.72. The Balaban J connectivity index is 1.23. The zero-order chi connectivity index (χ0) is 20.1. The molecule has 0 aromatic heterocycles. The van der Waals surface area contributed by atoms with Crippen LogP contribution in [0.2, 0.25) is 0 Å². The summed E-state index contributed by atoms with van der Waals surface area (Å²) in [5.74, 6) is 1.83. The summed E-state index contributed by atoms with van der Waals surface area (Å²) >= 11 is 0. The summed E-state index contributed by atoms with van der Waals surface area (Å²) in [6.07, 6.45) is 13.2. The van der Waals surface area contributed by atoms with Crippen LogP contribution in [0.4, 0.5) is 5.69 Å². The maximum atomic E-state index is 11.8. The van der Waals surface area contributed by atoms with Gasteiger partial charge in [-0.3, -0.25) is 4.90 Å². The number of nitrogens with zero attached hydrogens (tertiary/aromatic N) is 2. The highest BCUT2D eigenvalue weighted by atomic mass is 16.5. The van der Waals surface area contributed by atoms with Crippen LogP contribution in [-0.4, -0.2) is 49.7 Å². The molecule has 3 fully saturated rings. The van der Waals surface area contributed by atoms with Gasteiger partial charge in [0.05, 0.1) is 12.2 Å². The molecule has 1 aliphatic heterocycles. The van der Waals surface area contributed by atoms with E-state index < -0.39 is 0 Å². The molecule has 1 heterocycles. The maximum Gasteiger partial charge on any atom is 0.338 e. The van der Waals surface area contributed by atoms with Gasteiger partial charge < -0.3 is 9.64 Å². The average Bonchev–Trinajstić information content (AvgIpc) is 2.80. The molecular formula is C25H38N2O2. The molecule has 1 aromatic rings. The van der Waals surface area contributed by atoms with Gasteiger partial charge in [0.25, 0.3) is 0 Å². The molecule has 3 aliphatic rings. The van der Waals surface area contributed by atoms with Gasteiger partial charge in [0.1, 0.15) is 0 Å². The largest absolute Gasteiger partial charge is 0.462 e. The van der Waals surface area contributed by atoms with Crippen LogP contribution in [0.3, 0.4) is 0 Å². The minimum absolute atomic E-state index is 0.229. The maximum absolute atomic E-state index is 11.8. The van der Waals surface area contributed by atoms with Crippen LogP contribution in [0, 0.1) is 11.8 Å². The minimum Gasteiger partial charge on any atom is -0.462 e. The van der Waals surface area contributed by atoms with Gasteiger partial charge in [-0.1, -0.05) is 32.1 Å². The molecule has 29 heavy (non-hydrogen) atoms. The van der Waals surface area contributed by atoms with Crippen molar-refractivity contribution in [3.8, 4) is 0 Å². The average molecular weight is 399 g/mol. The fourth-order valence-corrected chi connectivity index (χ4v) is 5.91. The smallest absolute Gasteiger partial charge is 0.338 e. The van der Waals surface area contributed by atoms with Gasteiger partial charge in [-0.15, -0.1) is 0 Å².